The third kappa shape index (κ3) is 7.03. The summed E-state index contributed by atoms with van der Waals surface area (Å²) in [6.45, 7) is 0.730. The maximum absolute atomic E-state index is 11.7. The van der Waals surface area contributed by atoms with Gasteiger partial charge in [0.05, 0.1) is 12.8 Å². The number of hydrogen-bond acceptors (Lipinski definition) is 3. The van der Waals surface area contributed by atoms with Crippen LogP contribution in [0.25, 0.3) is 0 Å². The molecule has 0 aromatic heterocycles. The maximum atomic E-state index is 11.7. The molecule has 0 spiro atoms. The highest BCUT2D eigenvalue weighted by molar-refractivity contribution is 5.92. The van der Waals surface area contributed by atoms with Gasteiger partial charge in [-0.25, -0.2) is 0 Å². The number of rotatable bonds is 8. The van der Waals surface area contributed by atoms with E-state index in [1.165, 1.54) is 0 Å². The molecule has 0 heterocycles. The molecular weight excluding hydrogens is 264 g/mol. The second-order valence-electron chi connectivity index (χ2n) is 4.20. The Balaban J connectivity index is 0.00000324. The Hall–Kier alpha value is -1.26. The lowest BCUT2D eigenvalue weighted by Gasteiger charge is -2.09. The van der Waals surface area contributed by atoms with Gasteiger partial charge >= 0.3 is 0 Å². The van der Waals surface area contributed by atoms with Gasteiger partial charge in [-0.3, -0.25) is 4.79 Å². The molecule has 3 N–H and O–H groups in total. The fourth-order valence-electron chi connectivity index (χ4n) is 1.74. The number of amides is 1. The van der Waals surface area contributed by atoms with E-state index in [1.807, 2.05) is 24.3 Å². The van der Waals surface area contributed by atoms with Gasteiger partial charge in [-0.2, -0.15) is 0 Å². The number of unbranched alkanes of at least 4 members (excludes halogenated alkanes) is 3. The Bertz CT molecular complexity index is 372. The molecule has 0 atom stereocenters. The number of nitrogens with one attached hydrogen (secondary N) is 1. The highest BCUT2D eigenvalue weighted by Gasteiger charge is 2.06. The largest absolute Gasteiger partial charge is 0.495 e. The average molecular weight is 287 g/mol. The number of halogens is 1. The lowest BCUT2D eigenvalue weighted by Crippen LogP contribution is -2.11. The first-order valence-electron chi connectivity index (χ1n) is 6.41. The maximum Gasteiger partial charge on any atom is 0.224 e. The van der Waals surface area contributed by atoms with Crippen LogP contribution in [0.3, 0.4) is 0 Å². The van der Waals surface area contributed by atoms with Crippen molar-refractivity contribution < 1.29 is 9.53 Å². The molecule has 4 nitrogen and oxygen atoms in total. The van der Waals surface area contributed by atoms with Crippen LogP contribution in [0.15, 0.2) is 24.3 Å². The number of nitrogens with two attached hydrogens (primary N) is 1. The third-order valence-electron chi connectivity index (χ3n) is 2.74. The topological polar surface area (TPSA) is 64.3 Å². The predicted octanol–water partition coefficient (Wildman–Crippen LogP) is 2.96. The summed E-state index contributed by atoms with van der Waals surface area (Å²) < 4.78 is 5.18. The summed E-state index contributed by atoms with van der Waals surface area (Å²) in [6.07, 6.45) is 4.63. The molecule has 0 aliphatic heterocycles. The van der Waals surface area contributed by atoms with Crippen LogP contribution in [0.2, 0.25) is 0 Å². The first-order valence-corrected chi connectivity index (χ1v) is 6.41. The van der Waals surface area contributed by atoms with Crippen molar-refractivity contribution in [2.45, 2.75) is 32.1 Å². The number of anilines is 1. The first kappa shape index (κ1) is 17.7. The zero-order valence-corrected chi connectivity index (χ0v) is 12.2. The zero-order valence-electron chi connectivity index (χ0n) is 11.4. The van der Waals surface area contributed by atoms with E-state index >= 15 is 0 Å². The van der Waals surface area contributed by atoms with Crippen molar-refractivity contribution in [3.05, 3.63) is 24.3 Å². The van der Waals surface area contributed by atoms with Gasteiger partial charge in [-0.15, -0.1) is 12.4 Å². The Kier molecular flexibility index (Phi) is 9.94. The summed E-state index contributed by atoms with van der Waals surface area (Å²) in [5.74, 6) is 0.723. The third-order valence-corrected chi connectivity index (χ3v) is 2.74. The van der Waals surface area contributed by atoms with Gasteiger partial charge in [0.1, 0.15) is 5.75 Å². The minimum absolute atomic E-state index is 0. The van der Waals surface area contributed by atoms with Crippen LogP contribution in [-0.2, 0) is 4.79 Å². The van der Waals surface area contributed by atoms with Crippen molar-refractivity contribution in [3.8, 4) is 5.75 Å². The normalized spacial score (nSPS) is 9.58. The van der Waals surface area contributed by atoms with Crippen molar-refractivity contribution in [2.75, 3.05) is 19.0 Å². The van der Waals surface area contributed by atoms with Crippen molar-refractivity contribution in [2.24, 2.45) is 5.73 Å². The lowest BCUT2D eigenvalue weighted by molar-refractivity contribution is -0.116. The van der Waals surface area contributed by atoms with E-state index < -0.39 is 0 Å². The molecule has 0 saturated carbocycles. The summed E-state index contributed by atoms with van der Waals surface area (Å²) in [4.78, 5) is 11.7. The quantitative estimate of drug-likeness (QED) is 0.722. The predicted molar refractivity (Wildman–Crippen MR) is 81.0 cm³/mol. The van der Waals surface area contributed by atoms with Gasteiger partial charge in [-0.1, -0.05) is 25.0 Å². The molecule has 5 heteroatoms. The number of methoxy groups -OCH3 is 1. The minimum Gasteiger partial charge on any atom is -0.495 e. The number of para-hydroxylation sites is 2. The Morgan fingerprint density at radius 1 is 1.21 bits per heavy atom. The Labute approximate surface area is 121 Å². The van der Waals surface area contributed by atoms with Crippen LogP contribution < -0.4 is 15.8 Å². The molecule has 0 unspecified atom stereocenters. The number of carbonyl (C=O) groups excluding carboxylic acids is 1. The Morgan fingerprint density at radius 3 is 2.58 bits per heavy atom. The summed E-state index contributed by atoms with van der Waals surface area (Å²) >= 11 is 0. The van der Waals surface area contributed by atoms with Crippen molar-refractivity contribution >= 4 is 24.0 Å². The SMILES string of the molecule is COc1ccccc1NC(=O)CCCCCCN.Cl. The van der Waals surface area contributed by atoms with E-state index in [0.717, 1.165) is 37.9 Å². The van der Waals surface area contributed by atoms with Crippen molar-refractivity contribution in [3.63, 3.8) is 0 Å². The molecule has 0 radical (unpaired) electrons. The van der Waals surface area contributed by atoms with Gasteiger partial charge in [0.2, 0.25) is 5.91 Å². The second kappa shape index (κ2) is 10.6. The molecule has 19 heavy (non-hydrogen) atoms. The molecule has 0 fully saturated rings. The number of hydrogen-bond donors (Lipinski definition) is 2. The van der Waals surface area contributed by atoms with Gasteiger partial charge in [0.15, 0.2) is 0 Å². The minimum atomic E-state index is 0. The molecular formula is C14H23ClN2O2. The van der Waals surface area contributed by atoms with Gasteiger partial charge in [0, 0.05) is 6.42 Å². The van der Waals surface area contributed by atoms with Crippen molar-refractivity contribution in [1.82, 2.24) is 0 Å². The highest BCUT2D eigenvalue weighted by atomic mass is 35.5. The monoisotopic (exact) mass is 286 g/mol. The number of carbonyl (C=O) groups is 1. The molecule has 108 valence electrons. The molecule has 1 amide bonds. The molecule has 1 aromatic carbocycles. The summed E-state index contributed by atoms with van der Waals surface area (Å²) in [6, 6.07) is 7.42. The van der Waals surface area contributed by atoms with Crippen LogP contribution in [-0.4, -0.2) is 19.6 Å². The second-order valence-corrected chi connectivity index (χ2v) is 4.20. The van der Waals surface area contributed by atoms with Crippen LogP contribution in [0.4, 0.5) is 5.69 Å². The Morgan fingerprint density at radius 2 is 1.89 bits per heavy atom. The summed E-state index contributed by atoms with van der Waals surface area (Å²) in [5.41, 5.74) is 6.14. The van der Waals surface area contributed by atoms with E-state index in [9.17, 15) is 4.79 Å². The van der Waals surface area contributed by atoms with E-state index in [4.69, 9.17) is 10.5 Å². The summed E-state index contributed by atoms with van der Waals surface area (Å²) in [7, 11) is 1.60. The number of ether oxygens (including phenoxy) is 1. The summed E-state index contributed by atoms with van der Waals surface area (Å²) in [5, 5.41) is 2.86. The van der Waals surface area contributed by atoms with Gasteiger partial charge in [0.25, 0.3) is 0 Å². The van der Waals surface area contributed by atoms with Crippen LogP contribution in [0.1, 0.15) is 32.1 Å². The van der Waals surface area contributed by atoms with Gasteiger partial charge in [-0.05, 0) is 31.5 Å². The number of benzene rings is 1. The van der Waals surface area contributed by atoms with E-state index in [2.05, 4.69) is 5.32 Å². The van der Waals surface area contributed by atoms with Crippen molar-refractivity contribution in [1.29, 1.82) is 0 Å². The van der Waals surface area contributed by atoms with Crippen LogP contribution >= 0.6 is 12.4 Å². The van der Waals surface area contributed by atoms with E-state index in [-0.39, 0.29) is 18.3 Å². The highest BCUT2D eigenvalue weighted by Crippen LogP contribution is 2.23. The molecule has 0 aliphatic rings. The molecule has 1 aromatic rings. The van der Waals surface area contributed by atoms with E-state index in [0.29, 0.717) is 12.2 Å². The lowest BCUT2D eigenvalue weighted by atomic mass is 10.1. The fraction of sp³-hybridized carbons (Fsp3) is 0.500. The average Bonchev–Trinajstić information content (AvgIpc) is 2.39. The van der Waals surface area contributed by atoms with Gasteiger partial charge < -0.3 is 15.8 Å². The van der Waals surface area contributed by atoms with Crippen LogP contribution in [0, 0.1) is 0 Å². The molecule has 0 aliphatic carbocycles. The zero-order chi connectivity index (χ0) is 13.2. The molecule has 1 rings (SSSR count). The van der Waals surface area contributed by atoms with E-state index in [1.54, 1.807) is 7.11 Å². The fourth-order valence-corrected chi connectivity index (χ4v) is 1.74. The smallest absolute Gasteiger partial charge is 0.224 e. The molecule has 0 bridgehead atoms. The first-order chi connectivity index (χ1) is 8.77. The molecule has 0 saturated heterocycles. The standard InChI is InChI=1S/C14H22N2O2.ClH/c1-18-13-9-6-5-8-12(13)16-14(17)10-4-2-3-7-11-15;/h5-6,8-9H,2-4,7,10-11,15H2,1H3,(H,16,17);1H. The van der Waals surface area contributed by atoms with Crippen LogP contribution in [0.5, 0.6) is 5.75 Å².